The van der Waals surface area contributed by atoms with Gasteiger partial charge in [-0.25, -0.2) is 5.10 Å². The molecule has 2 N–H and O–H groups in total. The average Bonchev–Trinajstić information content (AvgIpc) is 2.99. The van der Waals surface area contributed by atoms with Gasteiger partial charge in [-0.05, 0) is 12.8 Å². The molecule has 6 nitrogen and oxygen atoms in total. The lowest BCUT2D eigenvalue weighted by atomic mass is 9.97. The van der Waals surface area contributed by atoms with E-state index < -0.39 is 16.9 Å². The number of aliphatic carboxylic acids is 1. The van der Waals surface area contributed by atoms with Crippen molar-refractivity contribution in [3.05, 3.63) is 28.2 Å². The first-order valence-electron chi connectivity index (χ1n) is 4.85. The topological polar surface area (TPSA) is 100 Å². The third-order valence-electron chi connectivity index (χ3n) is 2.79. The molecule has 0 aromatic carbocycles. The molecule has 0 spiro atoms. The highest BCUT2D eigenvalue weighted by molar-refractivity contribution is 5.99. The first-order valence-corrected chi connectivity index (χ1v) is 4.85. The van der Waals surface area contributed by atoms with Crippen LogP contribution in [0.2, 0.25) is 0 Å². The van der Waals surface area contributed by atoms with Crippen molar-refractivity contribution in [1.29, 1.82) is 0 Å². The molecule has 0 atom stereocenters. The van der Waals surface area contributed by atoms with Crippen LogP contribution < -0.4 is 5.56 Å². The molecule has 0 aliphatic heterocycles. The monoisotopic (exact) mass is 222 g/mol. The molecular formula is C10H10N2O4. The quantitative estimate of drug-likeness (QED) is 0.709. The molecule has 0 radical (unpaired) electrons. The van der Waals surface area contributed by atoms with Crippen LogP contribution in [-0.4, -0.2) is 27.1 Å². The summed E-state index contributed by atoms with van der Waals surface area (Å²) in [7, 11) is 0. The Hall–Kier alpha value is -1.98. The minimum Gasteiger partial charge on any atom is -0.481 e. The molecule has 0 saturated heterocycles. The zero-order valence-electron chi connectivity index (χ0n) is 8.40. The highest BCUT2D eigenvalue weighted by atomic mass is 16.4. The first-order chi connectivity index (χ1) is 7.53. The van der Waals surface area contributed by atoms with E-state index in [2.05, 4.69) is 10.2 Å². The largest absolute Gasteiger partial charge is 0.481 e. The van der Waals surface area contributed by atoms with Gasteiger partial charge in [-0.3, -0.25) is 14.4 Å². The molecule has 0 amide bonds. The maximum absolute atomic E-state index is 11.7. The summed E-state index contributed by atoms with van der Waals surface area (Å²) in [4.78, 5) is 33.5. The number of aromatic nitrogens is 2. The van der Waals surface area contributed by atoms with Gasteiger partial charge in [0.1, 0.15) is 0 Å². The molecule has 0 unspecified atom stereocenters. The van der Waals surface area contributed by atoms with E-state index in [-0.39, 0.29) is 17.8 Å². The van der Waals surface area contributed by atoms with Crippen molar-refractivity contribution in [2.75, 3.05) is 0 Å². The summed E-state index contributed by atoms with van der Waals surface area (Å²) in [5.74, 6) is -1.29. The number of carboxylic acids is 1. The molecule has 84 valence electrons. The van der Waals surface area contributed by atoms with E-state index in [0.29, 0.717) is 12.8 Å². The maximum atomic E-state index is 11.7. The fraction of sp³-hybridized carbons (Fsp3) is 0.400. The zero-order chi connectivity index (χ0) is 11.8. The van der Waals surface area contributed by atoms with Crippen molar-refractivity contribution in [1.82, 2.24) is 10.2 Å². The van der Waals surface area contributed by atoms with E-state index >= 15 is 0 Å². The molecule has 1 aliphatic rings. The van der Waals surface area contributed by atoms with Gasteiger partial charge in [-0.2, -0.15) is 5.10 Å². The van der Waals surface area contributed by atoms with Crippen molar-refractivity contribution in [3.8, 4) is 0 Å². The molecule has 1 aromatic heterocycles. The summed E-state index contributed by atoms with van der Waals surface area (Å²) in [6.45, 7) is 0. The number of nitrogens with zero attached hydrogens (tertiary/aromatic N) is 1. The number of H-pyrrole nitrogens is 1. The van der Waals surface area contributed by atoms with Crippen LogP contribution in [0, 0.1) is 5.41 Å². The summed E-state index contributed by atoms with van der Waals surface area (Å²) in [6, 6.07) is 1.13. The molecule has 1 aromatic rings. The van der Waals surface area contributed by atoms with E-state index in [1.165, 1.54) is 6.20 Å². The van der Waals surface area contributed by atoms with Crippen LogP contribution in [-0.2, 0) is 4.79 Å². The van der Waals surface area contributed by atoms with E-state index in [0.717, 1.165) is 6.07 Å². The lowest BCUT2D eigenvalue weighted by Crippen LogP contribution is -2.20. The minimum atomic E-state index is -0.946. The lowest BCUT2D eigenvalue weighted by Gasteiger charge is -2.07. The van der Waals surface area contributed by atoms with Gasteiger partial charge in [0.05, 0.1) is 11.6 Å². The lowest BCUT2D eigenvalue weighted by molar-refractivity contribution is -0.143. The summed E-state index contributed by atoms with van der Waals surface area (Å²) in [6.07, 6.45) is 2.21. The summed E-state index contributed by atoms with van der Waals surface area (Å²) in [5, 5.41) is 14.6. The summed E-state index contributed by atoms with van der Waals surface area (Å²) in [5.41, 5.74) is -1.21. The standard InChI is InChI=1S/C10H10N2O4/c13-7(4-10(1-2-10)9(15)16)6-3-8(14)12-11-5-6/h3,5H,1-2,4H2,(H,12,14)(H,15,16). The predicted molar refractivity (Wildman–Crippen MR) is 53.1 cm³/mol. The van der Waals surface area contributed by atoms with Crippen molar-refractivity contribution in [2.45, 2.75) is 19.3 Å². The van der Waals surface area contributed by atoms with E-state index in [1.807, 2.05) is 0 Å². The molecule has 1 saturated carbocycles. The molecular weight excluding hydrogens is 212 g/mol. The van der Waals surface area contributed by atoms with E-state index in [4.69, 9.17) is 5.11 Å². The SMILES string of the molecule is O=C(CC1(C(=O)O)CC1)c1cn[nH]c(=O)c1. The van der Waals surface area contributed by atoms with E-state index in [1.54, 1.807) is 0 Å². The Labute approximate surface area is 90.3 Å². The highest BCUT2D eigenvalue weighted by Crippen LogP contribution is 2.49. The molecule has 1 fully saturated rings. The van der Waals surface area contributed by atoms with Gasteiger partial charge in [0.2, 0.25) is 0 Å². The number of carbonyl (C=O) groups excluding carboxylic acids is 1. The van der Waals surface area contributed by atoms with Crippen molar-refractivity contribution in [2.24, 2.45) is 5.41 Å². The average molecular weight is 222 g/mol. The van der Waals surface area contributed by atoms with Crippen LogP contribution in [0.4, 0.5) is 0 Å². The summed E-state index contributed by atoms with van der Waals surface area (Å²) >= 11 is 0. The Morgan fingerprint density at radius 3 is 2.69 bits per heavy atom. The smallest absolute Gasteiger partial charge is 0.310 e. The van der Waals surface area contributed by atoms with Crippen LogP contribution >= 0.6 is 0 Å². The predicted octanol–water partition coefficient (Wildman–Crippen LogP) is 0.207. The highest BCUT2D eigenvalue weighted by Gasteiger charge is 2.51. The number of ketones is 1. The molecule has 0 bridgehead atoms. The Balaban J connectivity index is 2.15. The second-order valence-electron chi connectivity index (χ2n) is 4.02. The molecule has 6 heteroatoms. The van der Waals surface area contributed by atoms with Crippen molar-refractivity contribution >= 4 is 11.8 Å². The summed E-state index contributed by atoms with van der Waals surface area (Å²) < 4.78 is 0. The Bertz CT molecular complexity index is 502. The number of rotatable bonds is 4. The van der Waals surface area contributed by atoms with Crippen LogP contribution in [0.1, 0.15) is 29.6 Å². The fourth-order valence-electron chi connectivity index (χ4n) is 1.56. The third kappa shape index (κ3) is 1.86. The number of aromatic amines is 1. The molecule has 2 rings (SSSR count). The van der Waals surface area contributed by atoms with Gasteiger partial charge in [-0.15, -0.1) is 0 Å². The number of hydrogen-bond donors (Lipinski definition) is 2. The normalized spacial score (nSPS) is 16.8. The molecule has 1 heterocycles. The number of carbonyl (C=O) groups is 2. The third-order valence-corrected chi connectivity index (χ3v) is 2.79. The van der Waals surface area contributed by atoms with Crippen LogP contribution in [0.5, 0.6) is 0 Å². The number of nitrogens with one attached hydrogen (secondary N) is 1. The Morgan fingerprint density at radius 1 is 1.50 bits per heavy atom. The fourth-order valence-corrected chi connectivity index (χ4v) is 1.56. The second kappa shape index (κ2) is 3.55. The Morgan fingerprint density at radius 2 is 2.19 bits per heavy atom. The van der Waals surface area contributed by atoms with Gasteiger partial charge >= 0.3 is 5.97 Å². The molecule has 1 aliphatic carbocycles. The van der Waals surface area contributed by atoms with E-state index in [9.17, 15) is 14.4 Å². The van der Waals surface area contributed by atoms with Gasteiger partial charge in [0.15, 0.2) is 5.78 Å². The zero-order valence-corrected chi connectivity index (χ0v) is 8.40. The first kappa shape index (κ1) is 10.5. The van der Waals surface area contributed by atoms with Gasteiger partial charge in [0, 0.05) is 18.1 Å². The minimum absolute atomic E-state index is 0.0620. The van der Waals surface area contributed by atoms with Gasteiger partial charge in [0.25, 0.3) is 5.56 Å². The van der Waals surface area contributed by atoms with Gasteiger partial charge in [-0.1, -0.05) is 0 Å². The maximum Gasteiger partial charge on any atom is 0.310 e. The van der Waals surface area contributed by atoms with Crippen LogP contribution in [0.3, 0.4) is 0 Å². The van der Waals surface area contributed by atoms with Crippen molar-refractivity contribution in [3.63, 3.8) is 0 Å². The van der Waals surface area contributed by atoms with Crippen molar-refractivity contribution < 1.29 is 14.7 Å². The Kier molecular flexibility index (Phi) is 2.34. The number of Topliss-reactive ketones (excluding diaryl/α,β-unsaturated/α-hetero) is 1. The number of carboxylic acid groups (broad SMARTS) is 1. The van der Waals surface area contributed by atoms with Crippen LogP contribution in [0.15, 0.2) is 17.1 Å². The second-order valence-corrected chi connectivity index (χ2v) is 4.02. The van der Waals surface area contributed by atoms with Gasteiger partial charge < -0.3 is 5.11 Å². The molecule has 16 heavy (non-hydrogen) atoms. The number of hydrogen-bond acceptors (Lipinski definition) is 4. The van der Waals surface area contributed by atoms with Crippen LogP contribution in [0.25, 0.3) is 0 Å².